The second kappa shape index (κ2) is 13.9. The first-order valence-corrected chi connectivity index (χ1v) is 14.6. The molecule has 0 radical (unpaired) electrons. The summed E-state index contributed by atoms with van der Waals surface area (Å²) in [4.78, 5) is 69.4. The van der Waals surface area contributed by atoms with Crippen LogP contribution < -0.4 is 22.1 Å². The summed E-state index contributed by atoms with van der Waals surface area (Å²) in [6.07, 6.45) is -0.640. The SMILES string of the molecule is NC(=O)[C@H](Cc1ccccc1)NC(=O)[C@@H](Cc1c[nH]c2ccccc12)N1C(=O)O[C@H](CNC(=O)[C@@H](N)Cc2ccc(O)cc2)C1=O. The molecule has 13 nitrogen and oxygen atoms in total. The number of phenolic OH excluding ortho intramolecular Hbond substituents is 1. The Morgan fingerprint density at radius 2 is 1.57 bits per heavy atom. The summed E-state index contributed by atoms with van der Waals surface area (Å²) in [5.74, 6) is -2.92. The fraction of sp³-hybridized carbons (Fsp3) is 0.242. The summed E-state index contributed by atoms with van der Waals surface area (Å²) >= 11 is 0. The van der Waals surface area contributed by atoms with Crippen LogP contribution in [-0.2, 0) is 43.2 Å². The number of aromatic amines is 1. The van der Waals surface area contributed by atoms with Crippen LogP contribution in [0.3, 0.4) is 0 Å². The highest BCUT2D eigenvalue weighted by molar-refractivity contribution is 6.05. The predicted octanol–water partition coefficient (Wildman–Crippen LogP) is 1.03. The summed E-state index contributed by atoms with van der Waals surface area (Å²) in [6.45, 7) is -0.372. The number of aromatic hydroxyl groups is 1. The van der Waals surface area contributed by atoms with Crippen LogP contribution in [0.15, 0.2) is 85.1 Å². The number of para-hydroxylation sites is 1. The second-order valence-electron chi connectivity index (χ2n) is 11.0. The topological polar surface area (TPSA) is 210 Å². The number of hydrogen-bond acceptors (Lipinski definition) is 8. The maximum atomic E-state index is 13.8. The number of H-pyrrole nitrogens is 1. The summed E-state index contributed by atoms with van der Waals surface area (Å²) in [7, 11) is 0. The van der Waals surface area contributed by atoms with Gasteiger partial charge in [-0.1, -0.05) is 60.7 Å². The van der Waals surface area contributed by atoms with Crippen molar-refractivity contribution in [3.8, 4) is 5.75 Å². The lowest BCUT2D eigenvalue weighted by molar-refractivity contribution is -0.137. The van der Waals surface area contributed by atoms with Crippen molar-refractivity contribution in [1.29, 1.82) is 0 Å². The van der Waals surface area contributed by atoms with Crippen LogP contribution >= 0.6 is 0 Å². The fourth-order valence-electron chi connectivity index (χ4n) is 5.34. The van der Waals surface area contributed by atoms with Crippen LogP contribution in [0.4, 0.5) is 4.79 Å². The van der Waals surface area contributed by atoms with Gasteiger partial charge in [-0.15, -0.1) is 0 Å². The Labute approximate surface area is 263 Å². The average Bonchev–Trinajstić information content (AvgIpc) is 3.58. The van der Waals surface area contributed by atoms with E-state index in [9.17, 15) is 29.1 Å². The zero-order valence-electron chi connectivity index (χ0n) is 24.7. The number of cyclic esters (lactones) is 1. The molecule has 1 aliphatic heterocycles. The molecule has 0 spiro atoms. The molecular weight excluding hydrogens is 592 g/mol. The van der Waals surface area contributed by atoms with Gasteiger partial charge in [-0.25, -0.2) is 9.69 Å². The Hall–Kier alpha value is -5.69. The van der Waals surface area contributed by atoms with Gasteiger partial charge in [0.25, 0.3) is 5.91 Å². The van der Waals surface area contributed by atoms with Gasteiger partial charge in [0.15, 0.2) is 6.10 Å². The van der Waals surface area contributed by atoms with Crippen molar-refractivity contribution in [3.05, 3.63) is 102 Å². The predicted molar refractivity (Wildman–Crippen MR) is 167 cm³/mol. The second-order valence-corrected chi connectivity index (χ2v) is 11.0. The minimum atomic E-state index is -1.41. The number of imide groups is 1. The van der Waals surface area contributed by atoms with Crippen LogP contribution in [0.2, 0.25) is 0 Å². The van der Waals surface area contributed by atoms with Crippen molar-refractivity contribution >= 4 is 40.6 Å². The Morgan fingerprint density at radius 1 is 0.891 bits per heavy atom. The molecule has 0 aliphatic carbocycles. The highest BCUT2D eigenvalue weighted by atomic mass is 16.6. The summed E-state index contributed by atoms with van der Waals surface area (Å²) in [5.41, 5.74) is 14.5. The lowest BCUT2D eigenvalue weighted by Gasteiger charge is -2.26. The lowest BCUT2D eigenvalue weighted by Crippen LogP contribution is -2.56. The Balaban J connectivity index is 1.32. The zero-order chi connectivity index (χ0) is 32.8. The van der Waals surface area contributed by atoms with E-state index in [0.29, 0.717) is 16.0 Å². The molecule has 2 heterocycles. The van der Waals surface area contributed by atoms with E-state index in [1.54, 1.807) is 42.6 Å². The molecular formula is C33H34N6O7. The Kier molecular flexibility index (Phi) is 9.62. The van der Waals surface area contributed by atoms with Crippen LogP contribution in [0.1, 0.15) is 16.7 Å². The maximum absolute atomic E-state index is 13.8. The van der Waals surface area contributed by atoms with E-state index >= 15 is 0 Å². The first-order chi connectivity index (χ1) is 22.1. The molecule has 46 heavy (non-hydrogen) atoms. The van der Waals surface area contributed by atoms with Crippen molar-refractivity contribution in [2.45, 2.75) is 43.5 Å². The van der Waals surface area contributed by atoms with Gasteiger partial charge in [0.2, 0.25) is 17.7 Å². The fourth-order valence-corrected chi connectivity index (χ4v) is 5.34. The van der Waals surface area contributed by atoms with E-state index in [0.717, 1.165) is 16.5 Å². The molecule has 1 saturated heterocycles. The van der Waals surface area contributed by atoms with E-state index in [1.165, 1.54) is 12.1 Å². The van der Waals surface area contributed by atoms with E-state index in [-0.39, 0.29) is 31.6 Å². The van der Waals surface area contributed by atoms with E-state index in [2.05, 4.69) is 15.6 Å². The van der Waals surface area contributed by atoms with Gasteiger partial charge in [-0.05, 0) is 41.3 Å². The molecule has 238 valence electrons. The molecule has 0 saturated carbocycles. The Morgan fingerprint density at radius 3 is 2.28 bits per heavy atom. The molecule has 13 heteroatoms. The van der Waals surface area contributed by atoms with Crippen molar-refractivity contribution in [1.82, 2.24) is 20.5 Å². The highest BCUT2D eigenvalue weighted by Gasteiger charge is 2.47. The quantitative estimate of drug-likeness (QED) is 0.126. The van der Waals surface area contributed by atoms with Crippen molar-refractivity contribution in [2.24, 2.45) is 11.5 Å². The molecule has 3 aromatic carbocycles. The van der Waals surface area contributed by atoms with Crippen LogP contribution in [0.25, 0.3) is 10.9 Å². The van der Waals surface area contributed by atoms with Crippen LogP contribution in [-0.4, -0.2) is 75.5 Å². The normalized spacial score (nSPS) is 16.5. The number of amides is 5. The van der Waals surface area contributed by atoms with Gasteiger partial charge < -0.3 is 36.9 Å². The minimum Gasteiger partial charge on any atom is -0.508 e. The number of aromatic nitrogens is 1. The maximum Gasteiger partial charge on any atom is 0.418 e. The van der Waals surface area contributed by atoms with Gasteiger partial charge in [0, 0.05) is 29.9 Å². The molecule has 5 rings (SSSR count). The van der Waals surface area contributed by atoms with Crippen LogP contribution in [0, 0.1) is 0 Å². The number of nitrogens with one attached hydrogen (secondary N) is 3. The van der Waals surface area contributed by atoms with Gasteiger partial charge >= 0.3 is 6.09 Å². The van der Waals surface area contributed by atoms with E-state index < -0.39 is 54.0 Å². The van der Waals surface area contributed by atoms with Gasteiger partial charge in [0.1, 0.15) is 17.8 Å². The molecule has 8 N–H and O–H groups in total. The average molecular weight is 627 g/mol. The molecule has 0 bridgehead atoms. The third-order valence-electron chi connectivity index (χ3n) is 7.79. The number of carbonyl (C=O) groups is 5. The van der Waals surface area contributed by atoms with Gasteiger partial charge in [-0.3, -0.25) is 19.2 Å². The van der Waals surface area contributed by atoms with Crippen LogP contribution in [0.5, 0.6) is 5.75 Å². The summed E-state index contributed by atoms with van der Waals surface area (Å²) < 4.78 is 5.31. The molecule has 5 amide bonds. The first kappa shape index (κ1) is 31.7. The number of fused-ring (bicyclic) bond motifs is 1. The number of carbonyl (C=O) groups excluding carboxylic acids is 5. The number of nitrogens with zero attached hydrogens (tertiary/aromatic N) is 1. The van der Waals surface area contributed by atoms with Crippen molar-refractivity contribution in [3.63, 3.8) is 0 Å². The molecule has 4 atom stereocenters. The first-order valence-electron chi connectivity index (χ1n) is 14.6. The van der Waals surface area contributed by atoms with E-state index in [1.807, 2.05) is 30.3 Å². The minimum absolute atomic E-state index is 0.0749. The number of rotatable bonds is 13. The molecule has 1 aliphatic rings. The third kappa shape index (κ3) is 7.33. The van der Waals surface area contributed by atoms with Gasteiger partial charge in [0.05, 0.1) is 12.6 Å². The van der Waals surface area contributed by atoms with E-state index in [4.69, 9.17) is 16.2 Å². The summed E-state index contributed by atoms with van der Waals surface area (Å²) in [5, 5.41) is 15.4. The zero-order valence-corrected chi connectivity index (χ0v) is 24.7. The summed E-state index contributed by atoms with van der Waals surface area (Å²) in [6, 6.07) is 19.0. The smallest absolute Gasteiger partial charge is 0.418 e. The standard InChI is InChI=1S/C33H34N6O7/c34-24(14-20-10-12-22(40)13-11-20)30(42)37-18-28-32(44)39(33(45)46-28)27(16-21-17-36-25-9-5-4-8-23(21)25)31(43)38-26(29(35)41)15-19-6-2-1-3-7-19/h1-13,17,24,26-28,36,40H,14-16,18,34H2,(H2,35,41)(H,37,42)(H,38,43)/t24-,26-,27+,28+/m0/s1. The molecule has 1 aromatic heterocycles. The highest BCUT2D eigenvalue weighted by Crippen LogP contribution is 2.24. The largest absolute Gasteiger partial charge is 0.508 e. The van der Waals surface area contributed by atoms with Gasteiger partial charge in [-0.2, -0.15) is 0 Å². The lowest BCUT2D eigenvalue weighted by atomic mass is 10.0. The molecule has 1 fully saturated rings. The van der Waals surface area contributed by atoms with Crippen molar-refractivity contribution in [2.75, 3.05) is 6.54 Å². The molecule has 4 aromatic rings. The monoisotopic (exact) mass is 626 g/mol. The number of benzene rings is 3. The third-order valence-corrected chi connectivity index (χ3v) is 7.79. The Bertz CT molecular complexity index is 1740. The van der Waals surface area contributed by atoms with Crippen molar-refractivity contribution < 1.29 is 33.8 Å². The number of phenols is 1. The number of ether oxygens (including phenoxy) is 1. The number of hydrogen-bond donors (Lipinski definition) is 6. The number of primary amides is 1. The molecule has 0 unspecified atom stereocenters. The number of nitrogens with two attached hydrogens (primary N) is 2.